The minimum atomic E-state index is 0.997. The molecular weight excluding hydrogens is 191 g/mol. The molecule has 0 aromatic rings. The van der Waals surface area contributed by atoms with Crippen molar-refractivity contribution < 1.29 is 0 Å². The molecule has 0 aliphatic heterocycles. The van der Waals surface area contributed by atoms with Gasteiger partial charge in [-0.15, -0.1) is 0 Å². The van der Waals surface area contributed by atoms with Crippen molar-refractivity contribution in [2.45, 2.75) is 71.4 Å². The summed E-state index contributed by atoms with van der Waals surface area (Å²) >= 11 is 0. The molecule has 1 saturated carbocycles. The molecule has 1 aliphatic rings. The summed E-state index contributed by atoms with van der Waals surface area (Å²) in [6.45, 7) is 4.40. The van der Waals surface area contributed by atoms with Crippen molar-refractivity contribution in [3.8, 4) is 0 Å². The minimum Gasteiger partial charge on any atom is -0.0920 e. The summed E-state index contributed by atoms with van der Waals surface area (Å²) in [5.74, 6) is 2.04. The Morgan fingerprint density at radius 1 is 1.06 bits per heavy atom. The second-order valence-corrected chi connectivity index (χ2v) is 5.34. The minimum absolute atomic E-state index is 0.997. The molecule has 16 heavy (non-hydrogen) atoms. The van der Waals surface area contributed by atoms with Crippen molar-refractivity contribution >= 4 is 7.28 Å². The fourth-order valence-corrected chi connectivity index (χ4v) is 2.82. The van der Waals surface area contributed by atoms with E-state index in [1.807, 2.05) is 0 Å². The molecule has 0 N–H and O–H groups in total. The van der Waals surface area contributed by atoms with Gasteiger partial charge in [0.1, 0.15) is 7.28 Å². The summed E-state index contributed by atoms with van der Waals surface area (Å²) in [5, 5.41) is 0. The van der Waals surface area contributed by atoms with Gasteiger partial charge in [-0.05, 0) is 37.5 Å². The molecule has 0 aromatic carbocycles. The zero-order chi connectivity index (χ0) is 11.6. The van der Waals surface area contributed by atoms with E-state index in [-0.39, 0.29) is 0 Å². The first kappa shape index (κ1) is 13.9. The Hall–Kier alpha value is -0.195. The molecule has 1 heteroatoms. The Morgan fingerprint density at radius 2 is 1.75 bits per heavy atom. The fourth-order valence-electron chi connectivity index (χ4n) is 2.82. The Kier molecular flexibility index (Phi) is 7.71. The van der Waals surface area contributed by atoms with Gasteiger partial charge in [-0.2, -0.15) is 0 Å². The first-order valence-electron chi connectivity index (χ1n) is 7.29. The summed E-state index contributed by atoms with van der Waals surface area (Å²) in [5.41, 5.74) is 0. The van der Waals surface area contributed by atoms with E-state index in [0.717, 1.165) is 11.8 Å². The molecule has 1 radical (unpaired) electrons. The van der Waals surface area contributed by atoms with E-state index < -0.39 is 0 Å². The lowest BCUT2D eigenvalue weighted by molar-refractivity contribution is 0.263. The summed E-state index contributed by atoms with van der Waals surface area (Å²) in [6.07, 6.45) is 17.4. The summed E-state index contributed by atoms with van der Waals surface area (Å²) in [6, 6.07) is 0. The molecular formula is C15H28B. The van der Waals surface area contributed by atoms with Crippen LogP contribution in [0.4, 0.5) is 0 Å². The number of hydrogen-bond acceptors (Lipinski definition) is 0. The molecule has 0 heterocycles. The van der Waals surface area contributed by atoms with Crippen molar-refractivity contribution in [2.24, 2.45) is 11.8 Å². The molecule has 0 amide bonds. The predicted molar refractivity (Wildman–Crippen MR) is 75.2 cm³/mol. The molecule has 91 valence electrons. The Labute approximate surface area is 103 Å². The highest BCUT2D eigenvalue weighted by Gasteiger charge is 2.19. The van der Waals surface area contributed by atoms with Gasteiger partial charge in [0, 0.05) is 0 Å². The average molecular weight is 219 g/mol. The molecule has 1 rings (SSSR count). The normalized spacial score (nSPS) is 26.1. The van der Waals surface area contributed by atoms with E-state index >= 15 is 0 Å². The second-order valence-electron chi connectivity index (χ2n) is 5.34. The van der Waals surface area contributed by atoms with Crippen LogP contribution in [0.25, 0.3) is 0 Å². The second kappa shape index (κ2) is 8.90. The van der Waals surface area contributed by atoms with Gasteiger partial charge in [-0.3, -0.25) is 0 Å². The summed E-state index contributed by atoms with van der Waals surface area (Å²) in [4.78, 5) is 0. The molecule has 1 aliphatic carbocycles. The van der Waals surface area contributed by atoms with Gasteiger partial charge in [0.2, 0.25) is 0 Å². The Morgan fingerprint density at radius 3 is 2.38 bits per heavy atom. The lowest BCUT2D eigenvalue weighted by Crippen LogP contribution is -2.14. The third kappa shape index (κ3) is 5.77. The van der Waals surface area contributed by atoms with Crippen LogP contribution < -0.4 is 0 Å². The molecule has 0 saturated heterocycles. The van der Waals surface area contributed by atoms with Crippen LogP contribution in [-0.4, -0.2) is 7.28 Å². The van der Waals surface area contributed by atoms with Crippen LogP contribution in [-0.2, 0) is 0 Å². The highest BCUT2D eigenvalue weighted by molar-refractivity contribution is 6.33. The Balaban J connectivity index is 2.06. The summed E-state index contributed by atoms with van der Waals surface area (Å²) < 4.78 is 0. The topological polar surface area (TPSA) is 0 Å². The zero-order valence-corrected chi connectivity index (χ0v) is 11.3. The van der Waals surface area contributed by atoms with Crippen LogP contribution in [0.5, 0.6) is 0 Å². The molecule has 0 aromatic heterocycles. The lowest BCUT2D eigenvalue weighted by Gasteiger charge is -2.27. The van der Waals surface area contributed by atoms with Crippen molar-refractivity contribution in [3.63, 3.8) is 0 Å². The van der Waals surface area contributed by atoms with Gasteiger partial charge < -0.3 is 0 Å². The maximum Gasteiger partial charge on any atom is 0.105 e. The van der Waals surface area contributed by atoms with Gasteiger partial charge in [0.05, 0.1) is 0 Å². The van der Waals surface area contributed by atoms with Gasteiger partial charge in [0.15, 0.2) is 0 Å². The maximum atomic E-state index is 2.40. The first-order valence-corrected chi connectivity index (χ1v) is 7.29. The third-order valence-electron chi connectivity index (χ3n) is 3.94. The van der Waals surface area contributed by atoms with Gasteiger partial charge in [0.25, 0.3) is 0 Å². The number of hydrogen-bond donors (Lipinski definition) is 0. The Bertz CT molecular complexity index is 178. The van der Waals surface area contributed by atoms with Gasteiger partial charge >= 0.3 is 0 Å². The van der Waals surface area contributed by atoms with Crippen molar-refractivity contribution in [1.82, 2.24) is 0 Å². The van der Waals surface area contributed by atoms with Crippen molar-refractivity contribution in [1.29, 1.82) is 0 Å². The molecule has 0 bridgehead atoms. The molecule has 0 atom stereocenters. The quantitative estimate of drug-likeness (QED) is 0.317. The van der Waals surface area contributed by atoms with Gasteiger partial charge in [-0.25, -0.2) is 0 Å². The first-order chi connectivity index (χ1) is 7.86. The van der Waals surface area contributed by atoms with Crippen molar-refractivity contribution in [3.05, 3.63) is 12.2 Å². The van der Waals surface area contributed by atoms with E-state index in [4.69, 9.17) is 0 Å². The van der Waals surface area contributed by atoms with Crippen LogP contribution in [0.15, 0.2) is 12.2 Å². The third-order valence-corrected chi connectivity index (χ3v) is 3.94. The van der Waals surface area contributed by atoms with Gasteiger partial charge in [-0.1, -0.05) is 57.9 Å². The SMILES string of the molecule is C[B]CCCC1CCC(C/C=C\CC)CC1. The predicted octanol–water partition coefficient (Wildman–Crippen LogP) is 5.10. The molecule has 0 spiro atoms. The van der Waals surface area contributed by atoms with Crippen molar-refractivity contribution in [2.75, 3.05) is 0 Å². The monoisotopic (exact) mass is 219 g/mol. The molecule has 0 unspecified atom stereocenters. The van der Waals surface area contributed by atoms with E-state index in [9.17, 15) is 0 Å². The highest BCUT2D eigenvalue weighted by atomic mass is 14.2. The van der Waals surface area contributed by atoms with E-state index in [0.29, 0.717) is 0 Å². The molecule has 0 nitrogen and oxygen atoms in total. The standard InChI is InChI=1S/C15H28B/c1-3-4-5-7-14-9-11-15(12-10-14)8-6-13-16-2/h4-5,14-15H,3,6-13H2,1-2H3/b5-4-. The number of allylic oxidation sites excluding steroid dienone is 2. The number of rotatable bonds is 7. The average Bonchev–Trinajstić information content (AvgIpc) is 2.32. The van der Waals surface area contributed by atoms with E-state index in [1.54, 1.807) is 0 Å². The zero-order valence-electron chi connectivity index (χ0n) is 11.3. The summed E-state index contributed by atoms with van der Waals surface area (Å²) in [7, 11) is 2.31. The smallest absolute Gasteiger partial charge is 0.0920 e. The highest BCUT2D eigenvalue weighted by Crippen LogP contribution is 2.33. The van der Waals surface area contributed by atoms with Crippen LogP contribution >= 0.6 is 0 Å². The van der Waals surface area contributed by atoms with E-state index in [1.165, 1.54) is 57.7 Å². The lowest BCUT2D eigenvalue weighted by atomic mass is 9.73. The van der Waals surface area contributed by atoms with Crippen LogP contribution in [0.3, 0.4) is 0 Å². The van der Waals surface area contributed by atoms with E-state index in [2.05, 4.69) is 33.2 Å². The van der Waals surface area contributed by atoms with Crippen LogP contribution in [0.2, 0.25) is 13.1 Å². The van der Waals surface area contributed by atoms with Crippen LogP contribution in [0.1, 0.15) is 58.3 Å². The fraction of sp³-hybridized carbons (Fsp3) is 0.867. The molecule has 1 fully saturated rings. The largest absolute Gasteiger partial charge is 0.105 e. The van der Waals surface area contributed by atoms with Crippen LogP contribution in [0, 0.1) is 11.8 Å². The maximum absolute atomic E-state index is 2.40.